The Morgan fingerprint density at radius 3 is 2.74 bits per heavy atom. The predicted octanol–water partition coefficient (Wildman–Crippen LogP) is 3.56. The van der Waals surface area contributed by atoms with Gasteiger partial charge in [-0.2, -0.15) is 0 Å². The van der Waals surface area contributed by atoms with Crippen molar-refractivity contribution in [2.75, 3.05) is 13.7 Å². The standard InChI is InChI=1S/C27H24N4O3/c1-34-23-9-4-6-19(14-23)24-15-21-17-30(26(32)20-7-5-11-28-16-20)13-10-25(21)31(27(24)33)18-22-8-2-3-12-29-22/h2-9,11-12,14-16H,10,13,17-18H2,1H3. The van der Waals surface area contributed by atoms with E-state index in [2.05, 4.69) is 9.97 Å². The van der Waals surface area contributed by atoms with E-state index in [1.54, 1.807) is 42.4 Å². The number of benzene rings is 1. The SMILES string of the molecule is COc1cccc(-c2cc3c(n(Cc4ccccn4)c2=O)CCN(C(=O)c2cccnc2)C3)c1. The molecule has 34 heavy (non-hydrogen) atoms. The molecule has 7 heteroatoms. The molecule has 0 N–H and O–H groups in total. The number of hydrogen-bond acceptors (Lipinski definition) is 5. The van der Waals surface area contributed by atoms with E-state index in [0.717, 1.165) is 22.5 Å². The van der Waals surface area contributed by atoms with Crippen molar-refractivity contribution in [2.24, 2.45) is 0 Å². The Balaban J connectivity index is 1.60. The molecule has 1 aliphatic heterocycles. The minimum absolute atomic E-state index is 0.0656. The number of rotatable bonds is 5. The summed E-state index contributed by atoms with van der Waals surface area (Å²) in [6, 6.07) is 18.6. The van der Waals surface area contributed by atoms with Gasteiger partial charge in [-0.25, -0.2) is 0 Å². The monoisotopic (exact) mass is 452 g/mol. The van der Waals surface area contributed by atoms with Crippen LogP contribution in [-0.2, 0) is 19.5 Å². The summed E-state index contributed by atoms with van der Waals surface area (Å²) in [6.45, 7) is 1.32. The lowest BCUT2D eigenvalue weighted by atomic mass is 9.98. The van der Waals surface area contributed by atoms with E-state index >= 15 is 0 Å². The number of carbonyl (C=O) groups is 1. The molecule has 0 unspecified atom stereocenters. The van der Waals surface area contributed by atoms with Crippen LogP contribution >= 0.6 is 0 Å². The zero-order valence-electron chi connectivity index (χ0n) is 18.8. The van der Waals surface area contributed by atoms with E-state index in [9.17, 15) is 9.59 Å². The maximum atomic E-state index is 13.7. The van der Waals surface area contributed by atoms with Crippen molar-refractivity contribution in [3.05, 3.63) is 112 Å². The molecular formula is C27H24N4O3. The van der Waals surface area contributed by atoms with Gasteiger partial charge in [-0.05, 0) is 53.6 Å². The number of ether oxygens (including phenoxy) is 1. The summed E-state index contributed by atoms with van der Waals surface area (Å²) < 4.78 is 7.18. The van der Waals surface area contributed by atoms with Crippen LogP contribution in [0.1, 0.15) is 27.3 Å². The molecule has 4 heterocycles. The fourth-order valence-corrected chi connectivity index (χ4v) is 4.38. The number of carbonyl (C=O) groups excluding carboxylic acids is 1. The van der Waals surface area contributed by atoms with Gasteiger partial charge in [0.1, 0.15) is 5.75 Å². The van der Waals surface area contributed by atoms with E-state index in [-0.39, 0.29) is 11.5 Å². The maximum absolute atomic E-state index is 13.7. The third-order valence-corrected chi connectivity index (χ3v) is 6.09. The molecule has 0 saturated heterocycles. The minimum Gasteiger partial charge on any atom is -0.497 e. The fraction of sp³-hybridized carbons (Fsp3) is 0.185. The van der Waals surface area contributed by atoms with Gasteiger partial charge in [-0.1, -0.05) is 18.2 Å². The second kappa shape index (κ2) is 9.31. The van der Waals surface area contributed by atoms with Crippen LogP contribution in [0.5, 0.6) is 5.75 Å². The second-order valence-corrected chi connectivity index (χ2v) is 8.19. The average molecular weight is 453 g/mol. The van der Waals surface area contributed by atoms with Crippen molar-refractivity contribution in [2.45, 2.75) is 19.5 Å². The lowest BCUT2D eigenvalue weighted by Crippen LogP contribution is -2.39. The van der Waals surface area contributed by atoms with Crippen molar-refractivity contribution in [1.82, 2.24) is 19.4 Å². The maximum Gasteiger partial charge on any atom is 0.259 e. The molecule has 0 saturated carbocycles. The van der Waals surface area contributed by atoms with Crippen LogP contribution in [0.15, 0.2) is 84.0 Å². The van der Waals surface area contributed by atoms with Crippen LogP contribution in [0.4, 0.5) is 0 Å². The van der Waals surface area contributed by atoms with Crippen LogP contribution < -0.4 is 10.3 Å². The van der Waals surface area contributed by atoms with Gasteiger partial charge >= 0.3 is 0 Å². The summed E-state index contributed by atoms with van der Waals surface area (Å²) in [7, 11) is 1.60. The van der Waals surface area contributed by atoms with E-state index < -0.39 is 0 Å². The Labute approximate surface area is 197 Å². The number of amides is 1. The van der Waals surface area contributed by atoms with E-state index in [1.165, 1.54) is 0 Å². The molecular weight excluding hydrogens is 428 g/mol. The molecule has 1 amide bonds. The molecule has 1 aromatic carbocycles. The third kappa shape index (κ3) is 4.20. The molecule has 7 nitrogen and oxygen atoms in total. The Hall–Kier alpha value is -4.26. The van der Waals surface area contributed by atoms with Crippen molar-refractivity contribution in [3.8, 4) is 16.9 Å². The van der Waals surface area contributed by atoms with E-state index in [4.69, 9.17) is 4.74 Å². The first-order valence-electron chi connectivity index (χ1n) is 11.1. The smallest absolute Gasteiger partial charge is 0.259 e. The van der Waals surface area contributed by atoms with Gasteiger partial charge in [0, 0.05) is 49.4 Å². The van der Waals surface area contributed by atoms with Gasteiger partial charge in [0.15, 0.2) is 0 Å². The quantitative estimate of drug-likeness (QED) is 0.463. The second-order valence-electron chi connectivity index (χ2n) is 8.19. The van der Waals surface area contributed by atoms with Crippen LogP contribution in [0.2, 0.25) is 0 Å². The number of hydrogen-bond donors (Lipinski definition) is 0. The van der Waals surface area contributed by atoms with Crippen molar-refractivity contribution < 1.29 is 9.53 Å². The first-order chi connectivity index (χ1) is 16.6. The minimum atomic E-state index is -0.0790. The van der Waals surface area contributed by atoms with Crippen LogP contribution in [0.25, 0.3) is 11.1 Å². The lowest BCUT2D eigenvalue weighted by Gasteiger charge is -2.31. The highest BCUT2D eigenvalue weighted by Gasteiger charge is 2.26. The first-order valence-corrected chi connectivity index (χ1v) is 11.1. The molecule has 0 fully saturated rings. The summed E-state index contributed by atoms with van der Waals surface area (Å²) >= 11 is 0. The Morgan fingerprint density at radius 1 is 1.06 bits per heavy atom. The molecule has 1 aliphatic rings. The fourth-order valence-electron chi connectivity index (χ4n) is 4.38. The van der Waals surface area contributed by atoms with Gasteiger partial charge in [-0.3, -0.25) is 19.6 Å². The number of fused-ring (bicyclic) bond motifs is 1. The van der Waals surface area contributed by atoms with Crippen molar-refractivity contribution in [1.29, 1.82) is 0 Å². The van der Waals surface area contributed by atoms with Gasteiger partial charge in [0.05, 0.1) is 24.9 Å². The lowest BCUT2D eigenvalue weighted by molar-refractivity contribution is 0.0731. The van der Waals surface area contributed by atoms with E-state index in [0.29, 0.717) is 42.9 Å². The summed E-state index contributed by atoms with van der Waals surface area (Å²) in [5, 5.41) is 0. The van der Waals surface area contributed by atoms with Gasteiger partial charge < -0.3 is 14.2 Å². The zero-order chi connectivity index (χ0) is 23.5. The summed E-state index contributed by atoms with van der Waals surface area (Å²) in [6.07, 6.45) is 5.55. The molecule has 0 bridgehead atoms. The highest BCUT2D eigenvalue weighted by Crippen LogP contribution is 2.27. The summed E-state index contributed by atoms with van der Waals surface area (Å²) in [4.78, 5) is 37.1. The van der Waals surface area contributed by atoms with Gasteiger partial charge in [0.25, 0.3) is 11.5 Å². The highest BCUT2D eigenvalue weighted by molar-refractivity contribution is 5.94. The number of aromatic nitrogens is 3. The predicted molar refractivity (Wildman–Crippen MR) is 129 cm³/mol. The largest absolute Gasteiger partial charge is 0.497 e. The molecule has 170 valence electrons. The highest BCUT2D eigenvalue weighted by atomic mass is 16.5. The van der Waals surface area contributed by atoms with Gasteiger partial charge in [0.2, 0.25) is 0 Å². The first kappa shape index (κ1) is 21.6. The van der Waals surface area contributed by atoms with E-state index in [1.807, 2.05) is 53.4 Å². The van der Waals surface area contributed by atoms with Gasteiger partial charge in [-0.15, -0.1) is 0 Å². The Bertz CT molecular complexity index is 1380. The van der Waals surface area contributed by atoms with Crippen LogP contribution in [0, 0.1) is 0 Å². The Kier molecular flexibility index (Phi) is 5.91. The Morgan fingerprint density at radius 2 is 1.97 bits per heavy atom. The van der Waals surface area contributed by atoms with Crippen molar-refractivity contribution in [3.63, 3.8) is 0 Å². The normalized spacial score (nSPS) is 12.8. The van der Waals surface area contributed by atoms with Crippen molar-refractivity contribution >= 4 is 5.91 Å². The summed E-state index contributed by atoms with van der Waals surface area (Å²) in [5.41, 5.74) is 4.53. The molecule has 0 radical (unpaired) electrons. The topological polar surface area (TPSA) is 77.3 Å². The number of methoxy groups -OCH3 is 1. The summed E-state index contributed by atoms with van der Waals surface area (Å²) in [5.74, 6) is 0.614. The molecule has 0 spiro atoms. The number of nitrogens with zero attached hydrogens (tertiary/aromatic N) is 4. The van der Waals surface area contributed by atoms with Crippen LogP contribution in [0.3, 0.4) is 0 Å². The molecule has 3 aromatic heterocycles. The zero-order valence-corrected chi connectivity index (χ0v) is 18.8. The molecule has 0 atom stereocenters. The third-order valence-electron chi connectivity index (χ3n) is 6.09. The van der Waals surface area contributed by atoms with Crippen LogP contribution in [-0.4, -0.2) is 39.0 Å². The average Bonchev–Trinajstić information content (AvgIpc) is 2.90. The number of pyridine rings is 3. The molecule has 4 aromatic rings. The molecule has 5 rings (SSSR count). The molecule has 0 aliphatic carbocycles.